The van der Waals surface area contributed by atoms with E-state index in [0.29, 0.717) is 6.42 Å². The number of nitrogens with zero attached hydrogens (tertiary/aromatic N) is 2. The molecule has 3 heterocycles. The van der Waals surface area contributed by atoms with Crippen molar-refractivity contribution in [2.75, 3.05) is 11.9 Å². The van der Waals surface area contributed by atoms with Gasteiger partial charge in [-0.1, -0.05) is 84.9 Å². The van der Waals surface area contributed by atoms with E-state index in [4.69, 9.17) is 4.98 Å². The molecule has 6 aromatic rings. The van der Waals surface area contributed by atoms with Crippen LogP contribution in [0.2, 0.25) is 0 Å². The van der Waals surface area contributed by atoms with E-state index in [-0.39, 0.29) is 5.91 Å². The fraction of sp³-hybridized carbons (Fsp3) is 0.152. The first-order chi connectivity index (χ1) is 19.2. The quantitative estimate of drug-likeness (QED) is 0.231. The second-order valence-corrected chi connectivity index (χ2v) is 12.1. The summed E-state index contributed by atoms with van der Waals surface area (Å²) in [7, 11) is 0. The molecule has 7 rings (SSSR count). The Bertz CT molecular complexity index is 1770. The van der Waals surface area contributed by atoms with E-state index in [1.54, 1.807) is 22.7 Å². The highest BCUT2D eigenvalue weighted by Crippen LogP contribution is 2.46. The summed E-state index contributed by atoms with van der Waals surface area (Å²) in [5.74, 6) is 0.00783. The molecule has 1 amide bonds. The van der Waals surface area contributed by atoms with Crippen LogP contribution in [0.15, 0.2) is 97.1 Å². The highest BCUT2D eigenvalue weighted by atomic mass is 32.1. The average Bonchev–Trinajstić information content (AvgIpc) is 3.54. The molecule has 0 radical (unpaired) electrons. The molecule has 4 nitrogen and oxygen atoms in total. The van der Waals surface area contributed by atoms with Crippen LogP contribution in [0.1, 0.15) is 21.6 Å². The minimum absolute atomic E-state index is 0.00783. The van der Waals surface area contributed by atoms with Gasteiger partial charge in [0.05, 0.1) is 16.6 Å². The number of fused-ring (bicyclic) bond motifs is 3. The molecule has 1 N–H and O–H groups in total. The molecular weight excluding hydrogens is 519 g/mol. The van der Waals surface area contributed by atoms with Gasteiger partial charge in [-0.25, -0.2) is 4.98 Å². The maximum Gasteiger partial charge on any atom is 0.229 e. The number of thiophene rings is 1. The van der Waals surface area contributed by atoms with Crippen molar-refractivity contribution >= 4 is 54.6 Å². The van der Waals surface area contributed by atoms with Gasteiger partial charge in [-0.2, -0.15) is 0 Å². The van der Waals surface area contributed by atoms with Gasteiger partial charge in [-0.05, 0) is 46.0 Å². The van der Waals surface area contributed by atoms with Gasteiger partial charge in [-0.3, -0.25) is 9.69 Å². The molecule has 39 heavy (non-hydrogen) atoms. The predicted molar refractivity (Wildman–Crippen MR) is 163 cm³/mol. The van der Waals surface area contributed by atoms with E-state index < -0.39 is 0 Å². The first-order valence-electron chi connectivity index (χ1n) is 13.2. The van der Waals surface area contributed by atoms with E-state index in [1.807, 2.05) is 24.3 Å². The smallest absolute Gasteiger partial charge is 0.229 e. The molecule has 4 aromatic carbocycles. The average molecular weight is 546 g/mol. The Morgan fingerprint density at radius 2 is 1.67 bits per heavy atom. The third-order valence-electron chi connectivity index (χ3n) is 7.38. The summed E-state index contributed by atoms with van der Waals surface area (Å²) in [6.45, 7) is 2.79. The molecule has 0 bridgehead atoms. The largest absolute Gasteiger partial charge is 0.317 e. The van der Waals surface area contributed by atoms with E-state index in [2.05, 4.69) is 83.0 Å². The van der Waals surface area contributed by atoms with Crippen LogP contribution in [0.4, 0.5) is 5.00 Å². The van der Waals surface area contributed by atoms with E-state index in [0.717, 1.165) is 63.5 Å². The Balaban J connectivity index is 1.22. The SMILES string of the molecule is O=C(Cc1cccc2ccccc12)Nc1sc2c(c1-c1nc3ccccc3s1)CCN(Cc1ccccc1)C2. The number of thiazole rings is 1. The summed E-state index contributed by atoms with van der Waals surface area (Å²) >= 11 is 3.43. The second-order valence-electron chi connectivity index (χ2n) is 10.0. The molecule has 0 saturated heterocycles. The number of aromatic nitrogens is 1. The number of anilines is 1. The zero-order chi connectivity index (χ0) is 26.2. The van der Waals surface area contributed by atoms with Crippen molar-refractivity contribution in [2.24, 2.45) is 0 Å². The number of nitrogens with one attached hydrogen (secondary N) is 1. The van der Waals surface area contributed by atoms with Crippen LogP contribution in [0.5, 0.6) is 0 Å². The number of carbonyl (C=O) groups is 1. The molecule has 192 valence electrons. The van der Waals surface area contributed by atoms with Crippen molar-refractivity contribution in [3.8, 4) is 10.6 Å². The predicted octanol–water partition coefficient (Wildman–Crippen LogP) is 7.92. The molecule has 1 aliphatic rings. The lowest BCUT2D eigenvalue weighted by atomic mass is 10.0. The van der Waals surface area contributed by atoms with Gasteiger partial charge in [0, 0.05) is 30.1 Å². The Morgan fingerprint density at radius 3 is 2.56 bits per heavy atom. The summed E-state index contributed by atoms with van der Waals surface area (Å²) in [6.07, 6.45) is 1.28. The molecule has 1 aliphatic heterocycles. The van der Waals surface area contributed by atoms with Gasteiger partial charge in [0.1, 0.15) is 10.0 Å². The molecule has 0 spiro atoms. The van der Waals surface area contributed by atoms with Crippen molar-refractivity contribution in [3.63, 3.8) is 0 Å². The Kier molecular flexibility index (Phi) is 6.44. The molecule has 6 heteroatoms. The highest BCUT2D eigenvalue weighted by molar-refractivity contribution is 7.22. The van der Waals surface area contributed by atoms with Gasteiger partial charge < -0.3 is 5.32 Å². The third kappa shape index (κ3) is 4.87. The zero-order valence-corrected chi connectivity index (χ0v) is 23.0. The fourth-order valence-corrected chi connectivity index (χ4v) is 7.93. The molecule has 0 fully saturated rings. The summed E-state index contributed by atoms with van der Waals surface area (Å²) in [4.78, 5) is 22.3. The van der Waals surface area contributed by atoms with Gasteiger partial charge >= 0.3 is 0 Å². The van der Waals surface area contributed by atoms with Crippen molar-refractivity contribution < 1.29 is 4.79 Å². The highest BCUT2D eigenvalue weighted by Gasteiger charge is 2.28. The van der Waals surface area contributed by atoms with Crippen molar-refractivity contribution in [1.82, 2.24) is 9.88 Å². The minimum atomic E-state index is 0.00783. The maximum atomic E-state index is 13.5. The van der Waals surface area contributed by atoms with Crippen molar-refractivity contribution in [3.05, 3.63) is 119 Å². The molecule has 0 saturated carbocycles. The summed E-state index contributed by atoms with van der Waals surface area (Å²) in [5, 5.41) is 7.51. The number of rotatable bonds is 6. The number of hydrogen-bond donors (Lipinski definition) is 1. The number of para-hydroxylation sites is 1. The molecule has 0 aliphatic carbocycles. The van der Waals surface area contributed by atoms with Crippen LogP contribution in [-0.2, 0) is 30.7 Å². The second kappa shape index (κ2) is 10.4. The standard InChI is InChI=1S/C33H27N3OS2/c37-30(19-24-13-8-12-23-11-4-5-14-25(23)24)35-33-31(32-34-27-15-6-7-16-28(27)38-32)26-17-18-36(21-29(26)39-33)20-22-9-2-1-3-10-22/h1-16H,17-21H2,(H,35,37). The van der Waals surface area contributed by atoms with Crippen LogP contribution < -0.4 is 5.32 Å². The van der Waals surface area contributed by atoms with Crippen LogP contribution in [0.3, 0.4) is 0 Å². The van der Waals surface area contributed by atoms with E-state index in [1.165, 1.54) is 20.7 Å². The van der Waals surface area contributed by atoms with Crippen LogP contribution in [-0.4, -0.2) is 22.3 Å². The summed E-state index contributed by atoms with van der Waals surface area (Å²) < 4.78 is 1.17. The number of benzene rings is 4. The lowest BCUT2D eigenvalue weighted by molar-refractivity contribution is -0.115. The van der Waals surface area contributed by atoms with Crippen LogP contribution in [0, 0.1) is 0 Å². The van der Waals surface area contributed by atoms with Crippen LogP contribution in [0.25, 0.3) is 31.6 Å². The number of amides is 1. The summed E-state index contributed by atoms with van der Waals surface area (Å²) in [5.41, 5.74) is 5.83. The molecule has 0 unspecified atom stereocenters. The molecular formula is C33H27N3OS2. The van der Waals surface area contributed by atoms with E-state index in [9.17, 15) is 4.79 Å². The fourth-order valence-electron chi connectivity index (χ4n) is 5.52. The third-order valence-corrected chi connectivity index (χ3v) is 9.56. The van der Waals surface area contributed by atoms with E-state index >= 15 is 0 Å². The van der Waals surface area contributed by atoms with Crippen molar-refractivity contribution in [2.45, 2.75) is 25.9 Å². The normalized spacial score (nSPS) is 13.5. The first-order valence-corrected chi connectivity index (χ1v) is 14.9. The maximum absolute atomic E-state index is 13.5. The van der Waals surface area contributed by atoms with Crippen LogP contribution >= 0.6 is 22.7 Å². The van der Waals surface area contributed by atoms with Crippen molar-refractivity contribution in [1.29, 1.82) is 0 Å². The lowest BCUT2D eigenvalue weighted by Gasteiger charge is -2.27. The van der Waals surface area contributed by atoms with Gasteiger partial charge in [0.2, 0.25) is 5.91 Å². The minimum Gasteiger partial charge on any atom is -0.317 e. The number of hydrogen-bond acceptors (Lipinski definition) is 5. The molecule has 0 atom stereocenters. The lowest BCUT2D eigenvalue weighted by Crippen LogP contribution is -2.29. The topological polar surface area (TPSA) is 45.2 Å². The Morgan fingerprint density at radius 1 is 0.872 bits per heavy atom. The molecule has 2 aromatic heterocycles. The number of carbonyl (C=O) groups excluding carboxylic acids is 1. The summed E-state index contributed by atoms with van der Waals surface area (Å²) in [6, 6.07) is 33.4. The Hall–Kier alpha value is -3.84. The van der Waals surface area contributed by atoms with Gasteiger partial charge in [0.25, 0.3) is 0 Å². The monoisotopic (exact) mass is 545 g/mol. The van der Waals surface area contributed by atoms with Gasteiger partial charge in [0.15, 0.2) is 0 Å². The first kappa shape index (κ1) is 24.2. The Labute approximate surface area is 235 Å². The van der Waals surface area contributed by atoms with Gasteiger partial charge in [-0.15, -0.1) is 22.7 Å². The zero-order valence-electron chi connectivity index (χ0n) is 21.4.